The third-order valence-corrected chi connectivity index (χ3v) is 4.42. The van der Waals surface area contributed by atoms with E-state index in [1.807, 2.05) is 37.1 Å². The molecule has 0 aliphatic heterocycles. The third kappa shape index (κ3) is 5.69. The van der Waals surface area contributed by atoms with Crippen molar-refractivity contribution in [3.8, 4) is 0 Å². The topological polar surface area (TPSA) is 63.4 Å². The molecule has 114 valence electrons. The Balaban J connectivity index is 2.92. The lowest BCUT2D eigenvalue weighted by molar-refractivity contribution is 0.601. The molecule has 0 heterocycles. The molecule has 6 heteroatoms. The molecule has 1 atom stereocenters. The van der Waals surface area contributed by atoms with E-state index in [1.165, 1.54) is 6.26 Å². The predicted molar refractivity (Wildman–Crippen MR) is 86.4 cm³/mol. The number of anilines is 1. The summed E-state index contributed by atoms with van der Waals surface area (Å²) in [5.74, 6) is 0.130. The maximum Gasteiger partial charge on any atom is 0.149 e. The predicted octanol–water partition coefficient (Wildman–Crippen LogP) is 2.10. The molecule has 0 spiro atoms. The Morgan fingerprint density at radius 3 is 2.60 bits per heavy atom. The van der Waals surface area contributed by atoms with Crippen LogP contribution in [0.25, 0.3) is 0 Å². The summed E-state index contributed by atoms with van der Waals surface area (Å²) < 4.78 is 22.5. The fraction of sp³-hybridized carbons (Fsp3) is 0.571. The van der Waals surface area contributed by atoms with Crippen molar-refractivity contribution < 1.29 is 8.42 Å². The van der Waals surface area contributed by atoms with Crippen molar-refractivity contribution in [2.24, 2.45) is 5.73 Å². The van der Waals surface area contributed by atoms with Crippen LogP contribution >= 0.6 is 11.6 Å². The maximum atomic E-state index is 11.3. The Hall–Kier alpha value is -0.780. The summed E-state index contributed by atoms with van der Waals surface area (Å²) in [7, 11) is -1.08. The van der Waals surface area contributed by atoms with Gasteiger partial charge in [0.1, 0.15) is 9.84 Å². The fourth-order valence-corrected chi connectivity index (χ4v) is 2.74. The highest BCUT2D eigenvalue weighted by Gasteiger charge is 2.13. The SMILES string of the molecule is CCC(N)Cc1cc(Cl)ccc1N(C)CCS(C)(=O)=O. The quantitative estimate of drug-likeness (QED) is 0.836. The molecule has 1 aromatic rings. The Morgan fingerprint density at radius 1 is 1.40 bits per heavy atom. The molecule has 2 N–H and O–H groups in total. The normalized spacial score (nSPS) is 13.2. The molecule has 1 unspecified atom stereocenters. The Morgan fingerprint density at radius 2 is 2.05 bits per heavy atom. The van der Waals surface area contributed by atoms with Gasteiger partial charge in [-0.2, -0.15) is 0 Å². The molecule has 0 bridgehead atoms. The lowest BCUT2D eigenvalue weighted by Crippen LogP contribution is -2.27. The summed E-state index contributed by atoms with van der Waals surface area (Å²) in [6.07, 6.45) is 2.87. The van der Waals surface area contributed by atoms with Crippen molar-refractivity contribution in [1.29, 1.82) is 0 Å². The van der Waals surface area contributed by atoms with Gasteiger partial charge in [-0.1, -0.05) is 18.5 Å². The number of benzene rings is 1. The van der Waals surface area contributed by atoms with Gasteiger partial charge in [0.2, 0.25) is 0 Å². The second-order valence-electron chi connectivity index (χ2n) is 5.20. The van der Waals surface area contributed by atoms with Gasteiger partial charge in [0.25, 0.3) is 0 Å². The van der Waals surface area contributed by atoms with Gasteiger partial charge in [0, 0.05) is 36.6 Å². The largest absolute Gasteiger partial charge is 0.373 e. The van der Waals surface area contributed by atoms with Gasteiger partial charge < -0.3 is 10.6 Å². The van der Waals surface area contributed by atoms with Crippen molar-refractivity contribution in [1.82, 2.24) is 0 Å². The minimum absolute atomic E-state index is 0.0792. The number of halogens is 1. The molecule has 0 saturated heterocycles. The molecule has 4 nitrogen and oxygen atoms in total. The van der Waals surface area contributed by atoms with E-state index in [1.54, 1.807) is 0 Å². The van der Waals surface area contributed by atoms with E-state index in [0.717, 1.165) is 24.1 Å². The number of sulfone groups is 1. The maximum absolute atomic E-state index is 11.3. The number of nitrogens with two attached hydrogens (primary N) is 1. The van der Waals surface area contributed by atoms with Gasteiger partial charge in [-0.3, -0.25) is 0 Å². The first-order valence-electron chi connectivity index (χ1n) is 6.65. The molecule has 0 aliphatic rings. The molecule has 0 radical (unpaired) electrons. The second-order valence-corrected chi connectivity index (χ2v) is 7.89. The van der Waals surface area contributed by atoms with Crippen molar-refractivity contribution in [2.45, 2.75) is 25.8 Å². The Kier molecular flexibility index (Phi) is 6.30. The highest BCUT2D eigenvalue weighted by atomic mass is 35.5. The van der Waals surface area contributed by atoms with Crippen molar-refractivity contribution >= 4 is 27.1 Å². The molecule has 1 aromatic carbocycles. The third-order valence-electron chi connectivity index (χ3n) is 3.26. The monoisotopic (exact) mass is 318 g/mol. The van der Waals surface area contributed by atoms with Crippen LogP contribution in [-0.4, -0.2) is 40.1 Å². The Labute approximate surface area is 126 Å². The molecule has 0 saturated carbocycles. The first kappa shape index (κ1) is 17.3. The molecule has 0 aliphatic carbocycles. The van der Waals surface area contributed by atoms with E-state index in [2.05, 4.69) is 0 Å². The van der Waals surface area contributed by atoms with Gasteiger partial charge in [-0.15, -0.1) is 0 Å². The highest BCUT2D eigenvalue weighted by molar-refractivity contribution is 7.90. The van der Waals surface area contributed by atoms with Crippen molar-refractivity contribution in [3.05, 3.63) is 28.8 Å². The van der Waals surface area contributed by atoms with Crippen LogP contribution in [0.15, 0.2) is 18.2 Å². The first-order valence-corrected chi connectivity index (χ1v) is 9.09. The lowest BCUT2D eigenvalue weighted by atomic mass is 10.0. The minimum Gasteiger partial charge on any atom is -0.373 e. The zero-order chi connectivity index (χ0) is 15.3. The summed E-state index contributed by atoms with van der Waals surface area (Å²) in [5, 5.41) is 0.670. The molecule has 0 aromatic heterocycles. The van der Waals surface area contributed by atoms with Gasteiger partial charge >= 0.3 is 0 Å². The van der Waals surface area contributed by atoms with Gasteiger partial charge in [0.15, 0.2) is 0 Å². The van der Waals surface area contributed by atoms with E-state index < -0.39 is 9.84 Å². The van der Waals surface area contributed by atoms with Crippen LogP contribution in [-0.2, 0) is 16.3 Å². The average molecular weight is 319 g/mol. The van der Waals surface area contributed by atoms with Crippen LogP contribution in [0.1, 0.15) is 18.9 Å². The number of hydrogen-bond donors (Lipinski definition) is 1. The first-order chi connectivity index (χ1) is 9.23. The zero-order valence-corrected chi connectivity index (χ0v) is 13.8. The van der Waals surface area contributed by atoms with E-state index in [0.29, 0.717) is 11.6 Å². The van der Waals surface area contributed by atoms with Gasteiger partial charge in [0.05, 0.1) is 5.75 Å². The summed E-state index contributed by atoms with van der Waals surface area (Å²) in [5.41, 5.74) is 8.06. The smallest absolute Gasteiger partial charge is 0.149 e. The zero-order valence-electron chi connectivity index (χ0n) is 12.3. The van der Waals surface area contributed by atoms with E-state index in [-0.39, 0.29) is 11.8 Å². The van der Waals surface area contributed by atoms with Crippen molar-refractivity contribution in [3.63, 3.8) is 0 Å². The molecule has 1 rings (SSSR count). The highest BCUT2D eigenvalue weighted by Crippen LogP contribution is 2.25. The van der Waals surface area contributed by atoms with Crippen LogP contribution in [0.4, 0.5) is 5.69 Å². The van der Waals surface area contributed by atoms with Gasteiger partial charge in [-0.05, 0) is 36.6 Å². The molecular weight excluding hydrogens is 296 g/mol. The molecular formula is C14H23ClN2O2S. The van der Waals surface area contributed by atoms with Crippen LogP contribution in [0.2, 0.25) is 5.02 Å². The summed E-state index contributed by atoms with van der Waals surface area (Å²) >= 11 is 6.04. The summed E-state index contributed by atoms with van der Waals surface area (Å²) in [6, 6.07) is 5.72. The standard InChI is InChI=1S/C14H23ClN2O2S/c1-4-13(16)10-11-9-12(15)5-6-14(11)17(2)7-8-20(3,18)19/h5-6,9,13H,4,7-8,10,16H2,1-3H3. The molecule has 0 amide bonds. The fourth-order valence-electron chi connectivity index (χ4n) is 1.94. The summed E-state index contributed by atoms with van der Waals surface area (Å²) in [4.78, 5) is 1.94. The second kappa shape index (κ2) is 7.29. The lowest BCUT2D eigenvalue weighted by Gasteiger charge is -2.23. The van der Waals surface area contributed by atoms with E-state index in [9.17, 15) is 8.42 Å². The van der Waals surface area contributed by atoms with Crippen LogP contribution < -0.4 is 10.6 Å². The average Bonchev–Trinajstić information content (AvgIpc) is 2.35. The minimum atomic E-state index is -2.97. The Bertz CT molecular complexity index is 546. The molecule has 20 heavy (non-hydrogen) atoms. The van der Waals surface area contributed by atoms with Crippen molar-refractivity contribution in [2.75, 3.05) is 30.5 Å². The van der Waals surface area contributed by atoms with Crippen LogP contribution in [0.3, 0.4) is 0 Å². The van der Waals surface area contributed by atoms with E-state index in [4.69, 9.17) is 17.3 Å². The van der Waals surface area contributed by atoms with Crippen LogP contribution in [0.5, 0.6) is 0 Å². The number of nitrogens with zero attached hydrogens (tertiary/aromatic N) is 1. The number of rotatable bonds is 7. The van der Waals surface area contributed by atoms with Crippen LogP contribution in [0, 0.1) is 0 Å². The molecule has 0 fully saturated rings. The van der Waals surface area contributed by atoms with Gasteiger partial charge in [-0.25, -0.2) is 8.42 Å². The van der Waals surface area contributed by atoms with E-state index >= 15 is 0 Å². The summed E-state index contributed by atoms with van der Waals surface area (Å²) in [6.45, 7) is 2.50. The number of hydrogen-bond acceptors (Lipinski definition) is 4.